The molecule has 0 unspecified atom stereocenters. The van der Waals surface area contributed by atoms with E-state index in [4.69, 9.17) is 9.15 Å². The molecule has 2 aromatic heterocycles. The average Bonchev–Trinajstić information content (AvgIpc) is 2.92. The van der Waals surface area contributed by atoms with Crippen molar-refractivity contribution in [3.63, 3.8) is 0 Å². The minimum Gasteiger partial charge on any atom is -0.505 e. The lowest BCUT2D eigenvalue weighted by Gasteiger charge is -2.18. The molecule has 206 valence electrons. The van der Waals surface area contributed by atoms with Gasteiger partial charge in [-0.05, 0) is 60.2 Å². The maximum absolute atomic E-state index is 13.9. The van der Waals surface area contributed by atoms with Gasteiger partial charge in [0.15, 0.2) is 11.3 Å². The van der Waals surface area contributed by atoms with Gasteiger partial charge in [-0.1, -0.05) is 23.9 Å². The van der Waals surface area contributed by atoms with Gasteiger partial charge in [-0.3, -0.25) is 4.79 Å². The van der Waals surface area contributed by atoms with Gasteiger partial charge in [-0.15, -0.1) is 0 Å². The van der Waals surface area contributed by atoms with Gasteiger partial charge in [0, 0.05) is 30.1 Å². The van der Waals surface area contributed by atoms with Crippen LogP contribution in [0.15, 0.2) is 90.5 Å². The zero-order valence-electron chi connectivity index (χ0n) is 21.6. The van der Waals surface area contributed by atoms with E-state index in [9.17, 15) is 27.9 Å². The van der Waals surface area contributed by atoms with Crippen molar-refractivity contribution in [3.8, 4) is 11.5 Å². The molecular weight excluding hydrogens is 545 g/mol. The van der Waals surface area contributed by atoms with E-state index in [-0.39, 0.29) is 27.3 Å². The lowest BCUT2D eigenvalue weighted by Crippen LogP contribution is -2.23. The fourth-order valence-corrected chi connectivity index (χ4v) is 5.18. The Balaban J connectivity index is 1.71. The van der Waals surface area contributed by atoms with Gasteiger partial charge < -0.3 is 23.7 Å². The van der Waals surface area contributed by atoms with Crippen molar-refractivity contribution in [2.75, 3.05) is 26.1 Å². The molecule has 40 heavy (non-hydrogen) atoms. The van der Waals surface area contributed by atoms with Crippen LogP contribution in [0.1, 0.15) is 11.1 Å². The van der Waals surface area contributed by atoms with Crippen molar-refractivity contribution in [1.29, 1.82) is 0 Å². The number of benzene rings is 3. The summed E-state index contributed by atoms with van der Waals surface area (Å²) in [6.45, 7) is 0.145. The van der Waals surface area contributed by atoms with Crippen molar-refractivity contribution in [2.45, 2.75) is 22.5 Å². The maximum atomic E-state index is 13.9. The molecule has 0 saturated carbocycles. The molecule has 0 aliphatic carbocycles. The number of alkyl halides is 3. The summed E-state index contributed by atoms with van der Waals surface area (Å²) in [7, 11) is 5.26. The van der Waals surface area contributed by atoms with Crippen LogP contribution >= 0.6 is 11.8 Å². The molecule has 0 saturated heterocycles. The number of methoxy groups -OCH3 is 1. The Kier molecular flexibility index (Phi) is 7.01. The molecule has 0 amide bonds. The van der Waals surface area contributed by atoms with Gasteiger partial charge in [-0.25, -0.2) is 4.79 Å². The Morgan fingerprint density at radius 2 is 1.68 bits per heavy atom. The molecule has 3 aromatic carbocycles. The number of aromatic hydroxyl groups is 1. The zero-order valence-corrected chi connectivity index (χ0v) is 22.4. The third-order valence-corrected chi connectivity index (χ3v) is 7.52. The average molecular weight is 569 g/mol. The molecule has 5 aromatic rings. The fraction of sp³-hybridized carbons (Fsp3) is 0.172. The van der Waals surface area contributed by atoms with Crippen molar-refractivity contribution >= 4 is 39.3 Å². The Morgan fingerprint density at radius 3 is 2.27 bits per heavy atom. The van der Waals surface area contributed by atoms with Crippen LogP contribution in [-0.2, 0) is 12.7 Å². The third kappa shape index (κ3) is 5.00. The number of rotatable bonds is 6. The highest BCUT2D eigenvalue weighted by Crippen LogP contribution is 2.39. The molecule has 7 nitrogen and oxygen atoms in total. The first kappa shape index (κ1) is 27.2. The quantitative estimate of drug-likeness (QED) is 0.248. The van der Waals surface area contributed by atoms with Gasteiger partial charge in [0.05, 0.1) is 24.7 Å². The molecule has 0 spiro atoms. The molecule has 0 radical (unpaired) electrons. The highest BCUT2D eigenvalue weighted by Gasteiger charge is 2.30. The summed E-state index contributed by atoms with van der Waals surface area (Å²) in [5.41, 5.74) is -0.354. The van der Waals surface area contributed by atoms with Crippen molar-refractivity contribution in [2.24, 2.45) is 0 Å². The number of anilines is 1. The Morgan fingerprint density at radius 1 is 1.00 bits per heavy atom. The fourth-order valence-electron chi connectivity index (χ4n) is 4.34. The summed E-state index contributed by atoms with van der Waals surface area (Å²) in [4.78, 5) is 28.7. The maximum Gasteiger partial charge on any atom is 0.416 e. The third-order valence-electron chi connectivity index (χ3n) is 6.45. The lowest BCUT2D eigenvalue weighted by molar-refractivity contribution is -0.137. The van der Waals surface area contributed by atoms with E-state index in [1.165, 1.54) is 16.7 Å². The second-order valence-electron chi connectivity index (χ2n) is 9.23. The monoisotopic (exact) mass is 568 g/mol. The molecule has 0 aliphatic heterocycles. The van der Waals surface area contributed by atoms with E-state index < -0.39 is 28.7 Å². The van der Waals surface area contributed by atoms with E-state index in [2.05, 4.69) is 0 Å². The zero-order chi connectivity index (χ0) is 28.8. The summed E-state index contributed by atoms with van der Waals surface area (Å²) >= 11 is 0.717. The molecule has 0 atom stereocenters. The van der Waals surface area contributed by atoms with Crippen molar-refractivity contribution in [1.82, 2.24) is 4.57 Å². The number of ether oxygens (including phenoxy) is 1. The van der Waals surface area contributed by atoms with E-state index in [0.29, 0.717) is 16.7 Å². The SMILES string of the molecule is COc1ccc(Cn2c(=O)c3c(O)c(Sc4ccc(C(F)(F)F)cc4)c(=O)oc3c3ccc(N(C)C)cc32)cc1. The molecule has 0 fully saturated rings. The number of hydrogen-bond acceptors (Lipinski definition) is 7. The first-order chi connectivity index (χ1) is 19.0. The largest absolute Gasteiger partial charge is 0.505 e. The number of halogens is 3. The Bertz CT molecular complexity index is 1840. The molecule has 5 rings (SSSR count). The molecular formula is C29H23F3N2O5S. The van der Waals surface area contributed by atoms with Crippen LogP contribution < -0.4 is 20.8 Å². The smallest absolute Gasteiger partial charge is 0.416 e. The first-order valence-corrected chi connectivity index (χ1v) is 12.8. The number of aromatic nitrogens is 1. The Labute approximate surface area is 230 Å². The van der Waals surface area contributed by atoms with Gasteiger partial charge in [0.25, 0.3) is 5.56 Å². The highest BCUT2D eigenvalue weighted by molar-refractivity contribution is 7.99. The van der Waals surface area contributed by atoms with Crippen LogP contribution in [0, 0.1) is 0 Å². The van der Waals surface area contributed by atoms with E-state index in [1.807, 2.05) is 31.1 Å². The van der Waals surface area contributed by atoms with E-state index in [0.717, 1.165) is 35.1 Å². The van der Waals surface area contributed by atoms with Crippen molar-refractivity contribution < 1.29 is 27.4 Å². The topological polar surface area (TPSA) is 84.9 Å². The second kappa shape index (κ2) is 10.3. The van der Waals surface area contributed by atoms with Gasteiger partial charge in [0.2, 0.25) is 0 Å². The predicted octanol–water partition coefficient (Wildman–Crippen LogP) is 6.11. The van der Waals surface area contributed by atoms with E-state index in [1.54, 1.807) is 37.4 Å². The minimum absolute atomic E-state index is 0.0736. The molecule has 0 bridgehead atoms. The predicted molar refractivity (Wildman–Crippen MR) is 148 cm³/mol. The van der Waals surface area contributed by atoms with E-state index >= 15 is 0 Å². The summed E-state index contributed by atoms with van der Waals surface area (Å²) < 4.78 is 51.2. The number of pyridine rings is 1. The summed E-state index contributed by atoms with van der Waals surface area (Å²) in [5, 5.41) is 11.5. The summed E-state index contributed by atoms with van der Waals surface area (Å²) in [6.07, 6.45) is -4.52. The molecule has 0 aliphatic rings. The van der Waals surface area contributed by atoms with Crippen LogP contribution in [-0.4, -0.2) is 30.9 Å². The van der Waals surface area contributed by atoms with Gasteiger partial charge in [-0.2, -0.15) is 13.2 Å². The van der Waals surface area contributed by atoms with Crippen LogP contribution in [0.5, 0.6) is 11.5 Å². The number of fused-ring (bicyclic) bond motifs is 3. The van der Waals surface area contributed by atoms with Crippen LogP contribution in [0.25, 0.3) is 21.9 Å². The molecule has 1 N–H and O–H groups in total. The standard InChI is InChI=1S/C29H23F3N2O5S/c1-33(2)18-8-13-21-22(14-18)34(15-16-4-9-19(38-3)10-5-16)27(36)23-24(35)26(28(37)39-25(21)23)40-20-11-6-17(7-12-20)29(30,31)32/h4-14,35H,15H2,1-3H3. The van der Waals surface area contributed by atoms with Crippen LogP contribution in [0.4, 0.5) is 18.9 Å². The molecule has 11 heteroatoms. The highest BCUT2D eigenvalue weighted by atomic mass is 32.2. The van der Waals surface area contributed by atoms with Crippen molar-refractivity contribution in [3.05, 3.63) is 98.6 Å². The lowest BCUT2D eigenvalue weighted by atomic mass is 10.1. The normalized spacial score (nSPS) is 11.8. The number of nitrogens with zero attached hydrogens (tertiary/aromatic N) is 2. The first-order valence-electron chi connectivity index (χ1n) is 12.0. The van der Waals surface area contributed by atoms with Crippen LogP contribution in [0.3, 0.4) is 0 Å². The van der Waals surface area contributed by atoms with Crippen LogP contribution in [0.2, 0.25) is 0 Å². The summed E-state index contributed by atoms with van der Waals surface area (Å²) in [6, 6.07) is 16.6. The number of hydrogen-bond donors (Lipinski definition) is 1. The second-order valence-corrected chi connectivity index (χ2v) is 10.3. The molecule has 2 heterocycles. The van der Waals surface area contributed by atoms with Gasteiger partial charge >= 0.3 is 11.8 Å². The minimum atomic E-state index is -4.52. The van der Waals surface area contributed by atoms with Gasteiger partial charge in [0.1, 0.15) is 16.0 Å². The summed E-state index contributed by atoms with van der Waals surface area (Å²) in [5.74, 6) is 0.0573. The Hall–Kier alpha value is -4.38.